The first-order valence-corrected chi connectivity index (χ1v) is 10.4. The van der Waals surface area contributed by atoms with Gasteiger partial charge >= 0.3 is 0 Å². The molecule has 2 heterocycles. The molecule has 1 aliphatic rings. The van der Waals surface area contributed by atoms with Crippen LogP contribution >= 0.6 is 22.9 Å². The first kappa shape index (κ1) is 20.1. The molecule has 1 N–H and O–H groups in total. The van der Waals surface area contributed by atoms with Crippen molar-refractivity contribution in [2.24, 2.45) is 0 Å². The second-order valence-electron chi connectivity index (χ2n) is 6.97. The van der Waals surface area contributed by atoms with Crippen LogP contribution in [-0.4, -0.2) is 40.6 Å². The molecule has 0 unspecified atom stereocenters. The lowest BCUT2D eigenvalue weighted by Crippen LogP contribution is -2.32. The van der Waals surface area contributed by atoms with Gasteiger partial charge in [-0.15, -0.1) is 11.3 Å². The van der Waals surface area contributed by atoms with Gasteiger partial charge in [-0.1, -0.05) is 11.6 Å². The molecular weight excluding hydrogens is 384 g/mol. The second-order valence-corrected chi connectivity index (χ2v) is 8.49. The molecule has 7 heteroatoms. The number of halogens is 1. The highest BCUT2D eigenvalue weighted by molar-refractivity contribution is 7.11. The van der Waals surface area contributed by atoms with E-state index in [4.69, 9.17) is 16.3 Å². The number of likely N-dealkylation sites (tertiary alicyclic amines) is 1. The molecule has 1 aromatic carbocycles. The van der Waals surface area contributed by atoms with Gasteiger partial charge in [0, 0.05) is 42.8 Å². The van der Waals surface area contributed by atoms with Crippen LogP contribution in [0.2, 0.25) is 5.02 Å². The fraction of sp³-hybridized carbons (Fsp3) is 0.500. The maximum Gasteiger partial charge on any atom is 0.219 e. The molecule has 5 nitrogen and oxygen atoms in total. The quantitative estimate of drug-likeness (QED) is 0.813. The summed E-state index contributed by atoms with van der Waals surface area (Å²) in [5, 5.41) is 12.6. The predicted octanol–water partition coefficient (Wildman–Crippen LogP) is 3.95. The highest BCUT2D eigenvalue weighted by Gasteiger charge is 2.35. The lowest BCUT2D eigenvalue weighted by atomic mass is 9.96. The molecule has 0 saturated carbocycles. The van der Waals surface area contributed by atoms with Gasteiger partial charge in [-0.25, -0.2) is 4.98 Å². The summed E-state index contributed by atoms with van der Waals surface area (Å²) in [4.78, 5) is 19.2. The Morgan fingerprint density at radius 1 is 1.33 bits per heavy atom. The summed E-state index contributed by atoms with van der Waals surface area (Å²) < 4.78 is 5.77. The molecule has 2 aromatic rings. The molecule has 1 atom stereocenters. The van der Waals surface area contributed by atoms with E-state index >= 15 is 0 Å². The molecular formula is C20H25ClN2O3S. The number of hydrogen-bond acceptors (Lipinski definition) is 5. The average molecular weight is 409 g/mol. The molecule has 0 bridgehead atoms. The second kappa shape index (κ2) is 8.59. The van der Waals surface area contributed by atoms with E-state index in [0.29, 0.717) is 37.6 Å². The van der Waals surface area contributed by atoms with E-state index in [1.54, 1.807) is 35.3 Å². The van der Waals surface area contributed by atoms with Gasteiger partial charge in [0.25, 0.3) is 0 Å². The van der Waals surface area contributed by atoms with Crippen LogP contribution < -0.4 is 4.74 Å². The number of aromatic nitrogens is 1. The monoisotopic (exact) mass is 408 g/mol. The minimum absolute atomic E-state index is 0.0645. The predicted molar refractivity (Wildman–Crippen MR) is 108 cm³/mol. The fourth-order valence-electron chi connectivity index (χ4n) is 3.30. The van der Waals surface area contributed by atoms with Crippen molar-refractivity contribution < 1.29 is 14.6 Å². The van der Waals surface area contributed by atoms with Crippen LogP contribution in [0.1, 0.15) is 41.8 Å². The maximum atomic E-state index is 11.6. The van der Waals surface area contributed by atoms with E-state index in [2.05, 4.69) is 4.98 Å². The van der Waals surface area contributed by atoms with Gasteiger partial charge in [-0.3, -0.25) is 4.79 Å². The number of carbonyl (C=O) groups is 1. The van der Waals surface area contributed by atoms with Crippen LogP contribution in [0.15, 0.2) is 24.3 Å². The minimum atomic E-state index is -0.949. The third kappa shape index (κ3) is 5.00. The summed E-state index contributed by atoms with van der Waals surface area (Å²) in [7, 11) is 0. The zero-order chi connectivity index (χ0) is 19.4. The van der Waals surface area contributed by atoms with Crippen molar-refractivity contribution in [1.82, 2.24) is 9.88 Å². The Morgan fingerprint density at radius 2 is 2.07 bits per heavy atom. The third-order valence-corrected chi connectivity index (χ3v) is 6.62. The van der Waals surface area contributed by atoms with Gasteiger partial charge in [-0.05, 0) is 44.0 Å². The van der Waals surface area contributed by atoms with Crippen molar-refractivity contribution in [3.8, 4) is 5.75 Å². The van der Waals surface area contributed by atoms with Crippen LogP contribution in [0.25, 0.3) is 0 Å². The Kier molecular flexibility index (Phi) is 6.40. The molecule has 1 aliphatic heterocycles. The zero-order valence-electron chi connectivity index (χ0n) is 15.7. The van der Waals surface area contributed by atoms with Gasteiger partial charge in [0.1, 0.15) is 16.4 Å². The number of aliphatic hydroxyl groups is 1. The summed E-state index contributed by atoms with van der Waals surface area (Å²) >= 11 is 7.44. The minimum Gasteiger partial charge on any atom is -0.493 e. The van der Waals surface area contributed by atoms with Gasteiger partial charge < -0.3 is 14.7 Å². The smallest absolute Gasteiger partial charge is 0.219 e. The van der Waals surface area contributed by atoms with Gasteiger partial charge in [-0.2, -0.15) is 0 Å². The molecule has 146 valence electrons. The molecule has 0 aliphatic carbocycles. The van der Waals surface area contributed by atoms with Crippen LogP contribution in [0.3, 0.4) is 0 Å². The number of nitrogens with zero attached hydrogens (tertiary/aromatic N) is 2. The fourth-order valence-corrected chi connectivity index (χ4v) is 4.61. The lowest BCUT2D eigenvalue weighted by Gasteiger charge is -2.24. The molecule has 1 amide bonds. The summed E-state index contributed by atoms with van der Waals surface area (Å²) in [6.45, 7) is 5.36. The molecule has 1 fully saturated rings. The van der Waals surface area contributed by atoms with Crippen molar-refractivity contribution >= 4 is 28.8 Å². The van der Waals surface area contributed by atoms with Crippen LogP contribution in [-0.2, 0) is 16.8 Å². The Balaban J connectivity index is 1.63. The van der Waals surface area contributed by atoms with Crippen molar-refractivity contribution in [2.45, 2.75) is 45.1 Å². The molecule has 1 saturated heterocycles. The summed E-state index contributed by atoms with van der Waals surface area (Å²) in [6, 6.07) is 7.31. The van der Waals surface area contributed by atoms with Crippen LogP contribution in [0, 0.1) is 6.92 Å². The van der Waals surface area contributed by atoms with Crippen molar-refractivity contribution in [2.75, 3.05) is 19.7 Å². The highest BCUT2D eigenvalue weighted by atomic mass is 35.5. The van der Waals surface area contributed by atoms with Crippen LogP contribution in [0.5, 0.6) is 5.75 Å². The van der Waals surface area contributed by atoms with E-state index in [-0.39, 0.29) is 5.91 Å². The van der Waals surface area contributed by atoms with E-state index in [0.717, 1.165) is 34.2 Å². The SMILES string of the molecule is CC(=O)N1CCC[C@@](O)(c2nc(C)c(CCOc3ccc(Cl)cc3)s2)CC1. The van der Waals surface area contributed by atoms with E-state index in [1.807, 2.05) is 19.1 Å². The first-order valence-electron chi connectivity index (χ1n) is 9.20. The number of thiazole rings is 1. The number of benzene rings is 1. The Hall–Kier alpha value is -1.63. The van der Waals surface area contributed by atoms with Gasteiger partial charge in [0.05, 0.1) is 12.3 Å². The normalized spacial score (nSPS) is 20.4. The lowest BCUT2D eigenvalue weighted by molar-refractivity contribution is -0.128. The number of ether oxygens (including phenoxy) is 1. The summed E-state index contributed by atoms with van der Waals surface area (Å²) in [6.07, 6.45) is 2.68. The molecule has 1 aromatic heterocycles. The zero-order valence-corrected chi connectivity index (χ0v) is 17.3. The highest BCUT2D eigenvalue weighted by Crippen LogP contribution is 2.36. The average Bonchev–Trinajstić information content (AvgIpc) is 2.88. The van der Waals surface area contributed by atoms with Crippen molar-refractivity contribution in [3.05, 3.63) is 44.9 Å². The Bertz CT molecular complexity index is 793. The summed E-state index contributed by atoms with van der Waals surface area (Å²) in [5.41, 5.74) is -0.00893. The first-order chi connectivity index (χ1) is 12.9. The van der Waals surface area contributed by atoms with Crippen molar-refractivity contribution in [3.63, 3.8) is 0 Å². The Labute approximate surface area is 168 Å². The number of hydrogen-bond donors (Lipinski definition) is 1. The Morgan fingerprint density at radius 3 is 2.78 bits per heavy atom. The summed E-state index contributed by atoms with van der Waals surface area (Å²) in [5.74, 6) is 0.850. The van der Waals surface area contributed by atoms with Gasteiger partial charge in [0.15, 0.2) is 0 Å². The molecule has 3 rings (SSSR count). The standard InChI is InChI=1S/C20H25ClN2O3S/c1-14-18(8-13-26-17-6-4-16(21)5-7-17)27-19(22-14)20(25)9-3-11-23(12-10-20)15(2)24/h4-7,25H,3,8-13H2,1-2H3/t20-/m0/s1. The van der Waals surface area contributed by atoms with E-state index in [9.17, 15) is 9.90 Å². The van der Waals surface area contributed by atoms with Crippen molar-refractivity contribution in [1.29, 1.82) is 0 Å². The van der Waals surface area contributed by atoms with E-state index in [1.165, 1.54) is 0 Å². The third-order valence-electron chi connectivity index (χ3n) is 4.96. The number of amides is 1. The van der Waals surface area contributed by atoms with E-state index < -0.39 is 5.60 Å². The number of carbonyl (C=O) groups excluding carboxylic acids is 1. The number of aryl methyl sites for hydroxylation is 1. The number of rotatable bonds is 5. The molecule has 27 heavy (non-hydrogen) atoms. The molecule has 0 radical (unpaired) electrons. The molecule has 0 spiro atoms. The van der Waals surface area contributed by atoms with Crippen LogP contribution in [0.4, 0.5) is 0 Å². The largest absolute Gasteiger partial charge is 0.493 e. The maximum absolute atomic E-state index is 11.6. The topological polar surface area (TPSA) is 62.7 Å². The van der Waals surface area contributed by atoms with Gasteiger partial charge in [0.2, 0.25) is 5.91 Å².